The van der Waals surface area contributed by atoms with E-state index in [-0.39, 0.29) is 5.97 Å². The lowest BCUT2D eigenvalue weighted by molar-refractivity contribution is -0.213. The van der Waals surface area contributed by atoms with E-state index < -0.39 is 11.8 Å². The maximum Gasteiger partial charge on any atom is 0.309 e. The highest BCUT2D eigenvalue weighted by atomic mass is 16.7. The van der Waals surface area contributed by atoms with Crippen molar-refractivity contribution in [2.75, 3.05) is 0 Å². The van der Waals surface area contributed by atoms with Gasteiger partial charge in [0.2, 0.25) is 0 Å². The van der Waals surface area contributed by atoms with Gasteiger partial charge in [0.15, 0.2) is 0 Å². The van der Waals surface area contributed by atoms with Crippen LogP contribution in [0.3, 0.4) is 0 Å². The van der Waals surface area contributed by atoms with Crippen LogP contribution in [0, 0.1) is 0 Å². The minimum absolute atomic E-state index is 0.293. The van der Waals surface area contributed by atoms with Crippen molar-refractivity contribution in [3.8, 4) is 0 Å². The van der Waals surface area contributed by atoms with Crippen LogP contribution in [0.4, 0.5) is 0 Å². The van der Waals surface area contributed by atoms with Crippen molar-refractivity contribution >= 4 is 11.9 Å². The van der Waals surface area contributed by atoms with Crippen molar-refractivity contribution in [1.29, 1.82) is 0 Å². The van der Waals surface area contributed by atoms with Crippen LogP contribution in [0.5, 0.6) is 0 Å². The molecule has 1 unspecified atom stereocenters. The number of hydrogen-bond acceptors (Lipinski definition) is 4. The zero-order valence-electron chi connectivity index (χ0n) is 7.25. The molecule has 1 atom stereocenters. The van der Waals surface area contributed by atoms with Crippen LogP contribution < -0.4 is 0 Å². The van der Waals surface area contributed by atoms with E-state index >= 15 is 0 Å². The fourth-order valence-corrected chi connectivity index (χ4v) is 1.26. The molecule has 0 N–H and O–H groups in total. The maximum atomic E-state index is 10.8. The largest absolute Gasteiger partial charge is 0.423 e. The molecule has 1 aliphatic heterocycles. The van der Waals surface area contributed by atoms with Crippen LogP contribution >= 0.6 is 0 Å². The monoisotopic (exact) mass is 172 g/mol. The molecule has 4 nitrogen and oxygen atoms in total. The Bertz CT molecular complexity index is 211. The van der Waals surface area contributed by atoms with Crippen molar-refractivity contribution in [2.45, 2.75) is 38.9 Å². The molecule has 1 saturated heterocycles. The van der Waals surface area contributed by atoms with E-state index in [0.717, 1.165) is 0 Å². The van der Waals surface area contributed by atoms with Gasteiger partial charge in [-0.3, -0.25) is 9.59 Å². The molecule has 0 spiro atoms. The molecule has 0 aromatic heterocycles. The average Bonchev–Trinajstić information content (AvgIpc) is 2.32. The quantitative estimate of drug-likeness (QED) is 0.583. The smallest absolute Gasteiger partial charge is 0.309 e. The third-order valence-electron chi connectivity index (χ3n) is 1.88. The molecule has 68 valence electrons. The molecule has 12 heavy (non-hydrogen) atoms. The lowest BCUT2D eigenvalue weighted by Gasteiger charge is -2.24. The summed E-state index contributed by atoms with van der Waals surface area (Å²) in [5.41, 5.74) is 0. The molecule has 0 bridgehead atoms. The van der Waals surface area contributed by atoms with Crippen LogP contribution in [0.15, 0.2) is 0 Å². The topological polar surface area (TPSA) is 52.6 Å². The third-order valence-corrected chi connectivity index (χ3v) is 1.88. The number of cyclic esters (lactones) is 1. The molecule has 4 heteroatoms. The molecule has 0 amide bonds. The predicted molar refractivity (Wildman–Crippen MR) is 40.1 cm³/mol. The summed E-state index contributed by atoms with van der Waals surface area (Å²) in [6, 6.07) is 0. The highest BCUT2D eigenvalue weighted by Gasteiger charge is 2.41. The Kier molecular flexibility index (Phi) is 2.35. The highest BCUT2D eigenvalue weighted by Crippen LogP contribution is 2.30. The van der Waals surface area contributed by atoms with Gasteiger partial charge in [-0.2, -0.15) is 0 Å². The summed E-state index contributed by atoms with van der Waals surface area (Å²) in [6.07, 6.45) is 1.32. The second-order valence-electron chi connectivity index (χ2n) is 2.83. The Labute approximate surface area is 70.8 Å². The van der Waals surface area contributed by atoms with Gasteiger partial charge in [0.25, 0.3) is 5.79 Å². The standard InChI is InChI=1S/C8H12O4/c1-3-8(11-6(2)9)5-4-7(10)12-8/h3-5H2,1-2H3. The summed E-state index contributed by atoms with van der Waals surface area (Å²) in [4.78, 5) is 21.4. The first-order valence-electron chi connectivity index (χ1n) is 3.99. The Morgan fingerprint density at radius 3 is 2.75 bits per heavy atom. The number of hydrogen-bond donors (Lipinski definition) is 0. The van der Waals surface area contributed by atoms with Crippen molar-refractivity contribution < 1.29 is 19.1 Å². The second-order valence-corrected chi connectivity index (χ2v) is 2.83. The predicted octanol–water partition coefficient (Wildman–Crippen LogP) is 0.993. The van der Waals surface area contributed by atoms with Crippen LogP contribution in [-0.4, -0.2) is 17.7 Å². The van der Waals surface area contributed by atoms with Gasteiger partial charge in [0.05, 0.1) is 6.42 Å². The van der Waals surface area contributed by atoms with Crippen LogP contribution in [0.1, 0.15) is 33.1 Å². The van der Waals surface area contributed by atoms with Gasteiger partial charge in [-0.25, -0.2) is 0 Å². The zero-order chi connectivity index (χ0) is 9.19. The molecule has 0 saturated carbocycles. The third kappa shape index (κ3) is 1.75. The summed E-state index contributed by atoms with van der Waals surface area (Å²) in [6.45, 7) is 3.13. The first-order chi connectivity index (χ1) is 5.58. The van der Waals surface area contributed by atoms with E-state index in [9.17, 15) is 9.59 Å². The van der Waals surface area contributed by atoms with Gasteiger partial charge in [-0.15, -0.1) is 0 Å². The summed E-state index contributed by atoms with van der Waals surface area (Å²) in [7, 11) is 0. The van der Waals surface area contributed by atoms with E-state index in [1.54, 1.807) is 0 Å². The highest BCUT2D eigenvalue weighted by molar-refractivity contribution is 5.73. The molecule has 0 aromatic carbocycles. The van der Waals surface area contributed by atoms with Gasteiger partial charge in [-0.1, -0.05) is 6.92 Å². The van der Waals surface area contributed by atoms with Crippen molar-refractivity contribution in [3.63, 3.8) is 0 Å². The molecule has 0 aliphatic carbocycles. The number of rotatable bonds is 2. The van der Waals surface area contributed by atoms with E-state index in [2.05, 4.69) is 0 Å². The molecule has 1 aliphatic rings. The summed E-state index contributed by atoms with van der Waals surface area (Å²) in [5, 5.41) is 0. The molecule has 1 fully saturated rings. The molecule has 1 heterocycles. The number of ether oxygens (including phenoxy) is 2. The fourth-order valence-electron chi connectivity index (χ4n) is 1.26. The van der Waals surface area contributed by atoms with Gasteiger partial charge < -0.3 is 9.47 Å². The van der Waals surface area contributed by atoms with Crippen molar-refractivity contribution in [1.82, 2.24) is 0 Å². The molecular formula is C8H12O4. The molecule has 0 aromatic rings. The van der Waals surface area contributed by atoms with Crippen LogP contribution in [-0.2, 0) is 19.1 Å². The van der Waals surface area contributed by atoms with Gasteiger partial charge >= 0.3 is 11.9 Å². The van der Waals surface area contributed by atoms with Crippen LogP contribution in [0.25, 0.3) is 0 Å². The maximum absolute atomic E-state index is 10.8. The van der Waals surface area contributed by atoms with E-state index in [1.807, 2.05) is 6.92 Å². The minimum Gasteiger partial charge on any atom is -0.423 e. The summed E-state index contributed by atoms with van der Waals surface area (Å²) >= 11 is 0. The van der Waals surface area contributed by atoms with Gasteiger partial charge in [0, 0.05) is 19.8 Å². The first kappa shape index (κ1) is 9.03. The second kappa shape index (κ2) is 3.13. The Balaban J connectivity index is 2.64. The molecule has 0 radical (unpaired) electrons. The van der Waals surface area contributed by atoms with Crippen molar-refractivity contribution in [3.05, 3.63) is 0 Å². The van der Waals surface area contributed by atoms with Crippen molar-refractivity contribution in [2.24, 2.45) is 0 Å². The summed E-state index contributed by atoms with van der Waals surface area (Å²) in [5.74, 6) is -1.67. The van der Waals surface area contributed by atoms with E-state index in [4.69, 9.17) is 9.47 Å². The van der Waals surface area contributed by atoms with Gasteiger partial charge in [0.1, 0.15) is 0 Å². The Morgan fingerprint density at radius 1 is 1.75 bits per heavy atom. The zero-order valence-corrected chi connectivity index (χ0v) is 7.25. The lowest BCUT2D eigenvalue weighted by Crippen LogP contribution is -2.33. The lowest BCUT2D eigenvalue weighted by atomic mass is 10.1. The number of carbonyl (C=O) groups is 2. The number of esters is 2. The minimum atomic E-state index is -0.969. The van der Waals surface area contributed by atoms with E-state index in [0.29, 0.717) is 19.3 Å². The average molecular weight is 172 g/mol. The van der Waals surface area contributed by atoms with Crippen LogP contribution in [0.2, 0.25) is 0 Å². The molecular weight excluding hydrogens is 160 g/mol. The van der Waals surface area contributed by atoms with E-state index in [1.165, 1.54) is 6.92 Å². The Hall–Kier alpha value is -1.06. The SMILES string of the molecule is CCC1(OC(C)=O)CCC(=O)O1. The summed E-state index contributed by atoms with van der Waals surface area (Å²) < 4.78 is 9.86. The fraction of sp³-hybridized carbons (Fsp3) is 0.750. The molecule has 1 rings (SSSR count). The normalized spacial score (nSPS) is 28.3. The number of carbonyl (C=O) groups excluding carboxylic acids is 2. The first-order valence-corrected chi connectivity index (χ1v) is 3.99. The Morgan fingerprint density at radius 2 is 2.42 bits per heavy atom. The van der Waals surface area contributed by atoms with Gasteiger partial charge in [-0.05, 0) is 0 Å².